The summed E-state index contributed by atoms with van der Waals surface area (Å²) in [5.74, 6) is 0.760. The van der Waals surface area contributed by atoms with Gasteiger partial charge in [0, 0.05) is 11.0 Å². The summed E-state index contributed by atoms with van der Waals surface area (Å²) in [6.45, 7) is 0.177. The number of hydrogen-bond donors (Lipinski definition) is 1. The lowest BCUT2D eigenvalue weighted by atomic mass is 10.3. The van der Waals surface area contributed by atoms with Crippen LogP contribution in [0.15, 0.2) is 0 Å². The molecule has 0 aromatic rings. The van der Waals surface area contributed by atoms with Crippen molar-refractivity contribution < 1.29 is 9.32 Å². The summed E-state index contributed by atoms with van der Waals surface area (Å²) in [7, 11) is 0.692. The average molecular weight is 152 g/mol. The molecule has 8 heavy (non-hydrogen) atoms. The van der Waals surface area contributed by atoms with Gasteiger partial charge in [-0.2, -0.15) is 0 Å². The fraction of sp³-hybridized carbons (Fsp3) is 1.00. The molecule has 1 unspecified atom stereocenters. The van der Waals surface area contributed by atoms with Crippen LogP contribution in [-0.2, 0) is 9.83 Å². The summed E-state index contributed by atoms with van der Waals surface area (Å²) in [6, 6.07) is 0. The lowest BCUT2D eigenvalue weighted by Gasteiger charge is -1.96. The van der Waals surface area contributed by atoms with E-state index in [1.807, 2.05) is 0 Å². The summed E-state index contributed by atoms with van der Waals surface area (Å²) in [4.78, 5) is 0. The van der Waals surface area contributed by atoms with Crippen molar-refractivity contribution in [3.63, 3.8) is 0 Å². The topological polar surface area (TPSA) is 37.3 Å². The van der Waals surface area contributed by atoms with Crippen LogP contribution in [0.2, 0.25) is 0 Å². The van der Waals surface area contributed by atoms with Gasteiger partial charge in [-0.3, -0.25) is 0 Å². The van der Waals surface area contributed by atoms with Gasteiger partial charge in [0.25, 0.3) is 0 Å². The van der Waals surface area contributed by atoms with E-state index in [2.05, 4.69) is 0 Å². The quantitative estimate of drug-likeness (QED) is 0.543. The first kappa shape index (κ1) is 6.58. The van der Waals surface area contributed by atoms with Gasteiger partial charge in [0.15, 0.2) is 0 Å². The Morgan fingerprint density at radius 3 is 2.88 bits per heavy atom. The van der Waals surface area contributed by atoms with Crippen LogP contribution < -0.4 is 0 Å². The highest BCUT2D eigenvalue weighted by atomic mass is 33.1. The molecule has 1 rings (SSSR count). The normalized spacial score (nSPS) is 38.1. The molecule has 0 aromatic carbocycles. The molecule has 0 bridgehead atoms. The Hall–Kier alpha value is 0.460. The molecular formula is C4H8O2S2. The predicted octanol–water partition coefficient (Wildman–Crippen LogP) is 0.148. The molecule has 0 radical (unpaired) electrons. The number of aliphatic hydroxyl groups is 1. The van der Waals surface area contributed by atoms with Crippen molar-refractivity contribution in [3.05, 3.63) is 0 Å². The SMILES string of the molecule is O=S1CC[C@@H](CO)S1. The van der Waals surface area contributed by atoms with Crippen molar-refractivity contribution in [2.75, 3.05) is 12.4 Å². The van der Waals surface area contributed by atoms with Crippen LogP contribution in [0.4, 0.5) is 0 Å². The maximum absolute atomic E-state index is 10.6. The van der Waals surface area contributed by atoms with Gasteiger partial charge in [0.2, 0.25) is 0 Å². The standard InChI is InChI=1S/C4H8O2S2/c5-3-4-1-2-8(6)7-4/h4-5H,1-3H2/t4-,8?/m0/s1. The largest absolute Gasteiger partial charge is 0.395 e. The van der Waals surface area contributed by atoms with Crippen LogP contribution in [0.1, 0.15) is 6.42 Å². The Bertz CT molecular complexity index is 104. The number of aliphatic hydroxyl groups excluding tert-OH is 1. The monoisotopic (exact) mass is 152 g/mol. The van der Waals surface area contributed by atoms with Crippen molar-refractivity contribution in [3.8, 4) is 0 Å². The molecule has 0 amide bonds. The van der Waals surface area contributed by atoms with Crippen molar-refractivity contribution in [2.24, 2.45) is 0 Å². The Balaban J connectivity index is 2.32. The lowest BCUT2D eigenvalue weighted by molar-refractivity contribution is 0.294. The summed E-state index contributed by atoms with van der Waals surface area (Å²) in [5, 5.41) is 8.77. The van der Waals surface area contributed by atoms with Gasteiger partial charge in [-0.05, 0) is 6.42 Å². The zero-order valence-corrected chi connectivity index (χ0v) is 6.00. The van der Waals surface area contributed by atoms with Gasteiger partial charge >= 0.3 is 0 Å². The molecule has 1 heterocycles. The molecule has 2 atom stereocenters. The minimum Gasteiger partial charge on any atom is -0.395 e. The van der Waals surface area contributed by atoms with Crippen LogP contribution in [-0.4, -0.2) is 26.9 Å². The fourth-order valence-electron chi connectivity index (χ4n) is 0.597. The van der Waals surface area contributed by atoms with Crippen molar-refractivity contribution in [1.82, 2.24) is 0 Å². The van der Waals surface area contributed by atoms with E-state index in [0.717, 1.165) is 12.2 Å². The predicted molar refractivity (Wildman–Crippen MR) is 36.1 cm³/mol. The van der Waals surface area contributed by atoms with E-state index in [-0.39, 0.29) is 11.9 Å². The van der Waals surface area contributed by atoms with Gasteiger partial charge in [-0.25, -0.2) is 4.21 Å². The zero-order valence-electron chi connectivity index (χ0n) is 4.37. The Labute approximate surface area is 54.5 Å². The minimum absolute atomic E-state index is 0.177. The first-order valence-corrected chi connectivity index (χ1v) is 5.21. The third-order valence-electron chi connectivity index (χ3n) is 1.05. The second-order valence-corrected chi connectivity index (χ2v) is 5.26. The van der Waals surface area contributed by atoms with Crippen molar-refractivity contribution >= 4 is 20.6 Å². The van der Waals surface area contributed by atoms with Crippen LogP contribution in [0.3, 0.4) is 0 Å². The molecule has 1 aliphatic rings. The van der Waals surface area contributed by atoms with Crippen LogP contribution >= 0.6 is 10.8 Å². The smallest absolute Gasteiger partial charge is 0.0807 e. The van der Waals surface area contributed by atoms with Gasteiger partial charge in [-0.15, -0.1) is 0 Å². The number of rotatable bonds is 1. The Kier molecular flexibility index (Phi) is 2.34. The molecule has 2 nitrogen and oxygen atoms in total. The number of hydrogen-bond acceptors (Lipinski definition) is 3. The third-order valence-corrected chi connectivity index (χ3v) is 4.45. The van der Waals surface area contributed by atoms with E-state index in [4.69, 9.17) is 5.11 Å². The maximum Gasteiger partial charge on any atom is 0.0807 e. The molecule has 0 saturated carbocycles. The first-order valence-electron chi connectivity index (χ1n) is 2.49. The summed E-state index contributed by atoms with van der Waals surface area (Å²) < 4.78 is 10.6. The molecule has 0 spiro atoms. The Morgan fingerprint density at radius 2 is 2.62 bits per heavy atom. The van der Waals surface area contributed by atoms with Crippen molar-refractivity contribution in [1.29, 1.82) is 0 Å². The molecule has 1 aliphatic heterocycles. The summed E-state index contributed by atoms with van der Waals surface area (Å²) >= 11 is 0. The highest BCUT2D eigenvalue weighted by Crippen LogP contribution is 2.26. The lowest BCUT2D eigenvalue weighted by Crippen LogP contribution is -2.01. The Morgan fingerprint density at radius 1 is 1.88 bits per heavy atom. The molecule has 1 N–H and O–H groups in total. The third kappa shape index (κ3) is 1.47. The molecule has 48 valence electrons. The minimum atomic E-state index is -0.696. The van der Waals surface area contributed by atoms with E-state index in [1.165, 1.54) is 10.8 Å². The molecule has 4 heteroatoms. The van der Waals surface area contributed by atoms with Crippen molar-refractivity contribution in [2.45, 2.75) is 11.7 Å². The van der Waals surface area contributed by atoms with Gasteiger partial charge in [0.05, 0.1) is 16.4 Å². The van der Waals surface area contributed by atoms with Gasteiger partial charge in [0.1, 0.15) is 0 Å². The molecule has 0 aromatic heterocycles. The maximum atomic E-state index is 10.6. The molecule has 1 saturated heterocycles. The zero-order chi connectivity index (χ0) is 5.98. The highest BCUT2D eigenvalue weighted by molar-refractivity contribution is 8.69. The van der Waals surface area contributed by atoms with E-state index in [1.54, 1.807) is 0 Å². The highest BCUT2D eigenvalue weighted by Gasteiger charge is 2.20. The van der Waals surface area contributed by atoms with Crippen LogP contribution in [0, 0.1) is 0 Å². The molecular weight excluding hydrogens is 144 g/mol. The second-order valence-electron chi connectivity index (χ2n) is 1.70. The fourth-order valence-corrected chi connectivity index (χ4v) is 3.86. The van der Waals surface area contributed by atoms with E-state index < -0.39 is 9.83 Å². The summed E-state index contributed by atoms with van der Waals surface area (Å²) in [5.41, 5.74) is 0. The average Bonchev–Trinajstić information content (AvgIpc) is 2.14. The van der Waals surface area contributed by atoms with Gasteiger partial charge in [-0.1, -0.05) is 10.8 Å². The summed E-state index contributed by atoms with van der Waals surface area (Å²) in [6.07, 6.45) is 0.910. The molecule has 0 aliphatic carbocycles. The first-order chi connectivity index (χ1) is 3.83. The van der Waals surface area contributed by atoms with E-state index in [9.17, 15) is 4.21 Å². The van der Waals surface area contributed by atoms with E-state index in [0.29, 0.717) is 0 Å². The van der Waals surface area contributed by atoms with Crippen LogP contribution in [0.5, 0.6) is 0 Å². The van der Waals surface area contributed by atoms with E-state index >= 15 is 0 Å². The van der Waals surface area contributed by atoms with Crippen LogP contribution in [0.25, 0.3) is 0 Å². The van der Waals surface area contributed by atoms with Gasteiger partial charge < -0.3 is 5.11 Å². The molecule has 1 fully saturated rings. The second kappa shape index (κ2) is 2.85.